The summed E-state index contributed by atoms with van der Waals surface area (Å²) in [5, 5.41) is 1.42. The number of nitrogens with zero attached hydrogens (tertiary/aromatic N) is 3. The van der Waals surface area contributed by atoms with E-state index in [2.05, 4.69) is 25.9 Å². The summed E-state index contributed by atoms with van der Waals surface area (Å²) < 4.78 is 7.02. The van der Waals surface area contributed by atoms with E-state index in [0.717, 1.165) is 38.9 Å². The van der Waals surface area contributed by atoms with Crippen LogP contribution in [0.2, 0.25) is 5.02 Å². The summed E-state index contributed by atoms with van der Waals surface area (Å²) in [6, 6.07) is 20.4. The molecule has 3 aromatic heterocycles. The molecular formula is C26H20BrClN4O2. The number of fused-ring (bicyclic) bond motifs is 1. The Bertz CT molecular complexity index is 1450. The Morgan fingerprint density at radius 1 is 1.15 bits per heavy atom. The van der Waals surface area contributed by atoms with E-state index < -0.39 is 6.04 Å². The smallest absolute Gasteiger partial charge is 0.217 e. The zero-order chi connectivity index (χ0) is 23.7. The molecule has 8 heteroatoms. The lowest BCUT2D eigenvalue weighted by Gasteiger charge is -2.24. The second-order valence-electron chi connectivity index (χ2n) is 7.92. The molecule has 0 spiro atoms. The minimum absolute atomic E-state index is 0.410. The molecule has 0 aliphatic rings. The van der Waals surface area contributed by atoms with Gasteiger partial charge in [-0.15, -0.1) is 0 Å². The monoisotopic (exact) mass is 534 g/mol. The highest BCUT2D eigenvalue weighted by Gasteiger charge is 2.28. The van der Waals surface area contributed by atoms with Gasteiger partial charge in [-0.05, 0) is 49.4 Å². The lowest BCUT2D eigenvalue weighted by molar-refractivity contribution is -0.108. The molecule has 170 valence electrons. The van der Waals surface area contributed by atoms with E-state index in [0.29, 0.717) is 28.7 Å². The molecule has 5 rings (SSSR count). The zero-order valence-electron chi connectivity index (χ0n) is 18.2. The van der Waals surface area contributed by atoms with Crippen LogP contribution in [-0.2, 0) is 11.2 Å². The molecule has 1 atom stereocenters. The average Bonchev–Trinajstić information content (AvgIpc) is 3.43. The van der Waals surface area contributed by atoms with Crippen molar-refractivity contribution < 1.29 is 9.21 Å². The van der Waals surface area contributed by atoms with Crippen LogP contribution in [0.5, 0.6) is 0 Å². The second-order valence-corrected chi connectivity index (χ2v) is 9.28. The number of imidazole rings is 1. The lowest BCUT2D eigenvalue weighted by Crippen LogP contribution is -2.29. The molecule has 0 saturated heterocycles. The van der Waals surface area contributed by atoms with E-state index in [4.69, 9.17) is 21.0 Å². The number of carbonyl (C=O) groups is 1. The van der Waals surface area contributed by atoms with Crippen LogP contribution >= 0.6 is 27.5 Å². The topological polar surface area (TPSA) is 75.0 Å². The summed E-state index contributed by atoms with van der Waals surface area (Å²) in [7, 11) is 0. The first-order chi connectivity index (χ1) is 16.5. The fourth-order valence-corrected chi connectivity index (χ4v) is 4.43. The number of halogens is 2. The number of nitrogens with one attached hydrogen (secondary N) is 1. The Balaban J connectivity index is 1.59. The van der Waals surface area contributed by atoms with Crippen molar-refractivity contribution in [1.82, 2.24) is 15.0 Å². The number of hydrogen-bond acceptors (Lipinski definition) is 4. The third-order valence-corrected chi connectivity index (χ3v) is 6.40. The fraction of sp³-hybridized carbons (Fsp3) is 0.115. The Kier molecular flexibility index (Phi) is 6.22. The third kappa shape index (κ3) is 4.49. The molecule has 0 aliphatic carbocycles. The molecule has 0 saturated carbocycles. The normalized spacial score (nSPS) is 12.1. The van der Waals surface area contributed by atoms with Crippen LogP contribution in [-0.4, -0.2) is 21.4 Å². The lowest BCUT2D eigenvalue weighted by atomic mass is 10.1. The number of aromatic nitrogens is 3. The average molecular weight is 536 g/mol. The van der Waals surface area contributed by atoms with Gasteiger partial charge in [0.15, 0.2) is 0 Å². The van der Waals surface area contributed by atoms with E-state index in [1.807, 2.05) is 61.5 Å². The second kappa shape index (κ2) is 9.44. The van der Waals surface area contributed by atoms with Crippen LogP contribution in [0.3, 0.4) is 0 Å². The maximum atomic E-state index is 12.4. The summed E-state index contributed by atoms with van der Waals surface area (Å²) in [5.74, 6) is 1.05. The van der Waals surface area contributed by atoms with Crippen molar-refractivity contribution in [1.29, 1.82) is 0 Å². The summed E-state index contributed by atoms with van der Waals surface area (Å²) in [4.78, 5) is 26.7. The van der Waals surface area contributed by atoms with Crippen LogP contribution < -0.4 is 4.90 Å². The first-order valence-corrected chi connectivity index (χ1v) is 11.8. The van der Waals surface area contributed by atoms with E-state index >= 15 is 0 Å². The van der Waals surface area contributed by atoms with Crippen LogP contribution in [0, 0.1) is 6.92 Å². The number of carbonyl (C=O) groups excluding carboxylic acids is 1. The number of aryl methyl sites for hydroxylation is 1. The molecule has 0 unspecified atom stereocenters. The van der Waals surface area contributed by atoms with Gasteiger partial charge >= 0.3 is 0 Å². The zero-order valence-corrected chi connectivity index (χ0v) is 20.5. The minimum atomic E-state index is -0.466. The van der Waals surface area contributed by atoms with Gasteiger partial charge in [0.05, 0.1) is 5.69 Å². The Morgan fingerprint density at radius 3 is 2.71 bits per heavy atom. The number of rotatable bonds is 7. The predicted octanol–water partition coefficient (Wildman–Crippen LogP) is 6.89. The van der Waals surface area contributed by atoms with Crippen LogP contribution in [0.25, 0.3) is 22.2 Å². The number of furan rings is 1. The van der Waals surface area contributed by atoms with E-state index in [1.165, 1.54) is 0 Å². The molecule has 3 heterocycles. The molecule has 0 radical (unpaired) electrons. The van der Waals surface area contributed by atoms with Gasteiger partial charge in [-0.2, -0.15) is 0 Å². The van der Waals surface area contributed by atoms with Crippen LogP contribution in [0.4, 0.5) is 5.88 Å². The molecule has 0 bridgehead atoms. The molecule has 34 heavy (non-hydrogen) atoms. The number of amides is 1. The van der Waals surface area contributed by atoms with Crippen molar-refractivity contribution >= 4 is 50.8 Å². The molecule has 1 N–H and O–H groups in total. The maximum absolute atomic E-state index is 12.4. The summed E-state index contributed by atoms with van der Waals surface area (Å²) in [6.45, 7) is 1.97. The summed E-state index contributed by atoms with van der Waals surface area (Å²) in [5.41, 5.74) is 4.20. The Labute approximate surface area is 209 Å². The minimum Gasteiger partial charge on any atom is -0.440 e. The Hall–Kier alpha value is -3.42. The van der Waals surface area contributed by atoms with Gasteiger partial charge in [0.2, 0.25) is 12.3 Å². The number of aromatic amines is 1. The number of pyridine rings is 1. The van der Waals surface area contributed by atoms with Gasteiger partial charge < -0.3 is 9.40 Å². The molecule has 2 aromatic carbocycles. The van der Waals surface area contributed by atoms with Gasteiger partial charge in [-0.25, -0.2) is 4.98 Å². The predicted molar refractivity (Wildman–Crippen MR) is 137 cm³/mol. The highest BCUT2D eigenvalue weighted by Crippen LogP contribution is 2.34. The number of H-pyrrole nitrogens is 1. The van der Waals surface area contributed by atoms with E-state index in [9.17, 15) is 4.79 Å². The van der Waals surface area contributed by atoms with Crippen molar-refractivity contribution in [2.24, 2.45) is 0 Å². The van der Waals surface area contributed by atoms with Gasteiger partial charge in [-0.3, -0.25) is 14.7 Å². The Morgan fingerprint density at radius 2 is 1.97 bits per heavy atom. The SMILES string of the molecule is Cc1[nH]c([C@H](Cc2ccccn2)N(C=O)c2cc3cc(Cl)ccc3o2)nc1-c1ccc(Br)cc1. The van der Waals surface area contributed by atoms with Gasteiger partial charge in [0.25, 0.3) is 0 Å². The molecule has 1 amide bonds. The summed E-state index contributed by atoms with van der Waals surface area (Å²) >= 11 is 9.62. The fourth-order valence-electron chi connectivity index (χ4n) is 3.98. The van der Waals surface area contributed by atoms with Crippen molar-refractivity contribution in [3.63, 3.8) is 0 Å². The number of anilines is 1. The standard InChI is InChI=1S/C26H20BrClN4O2/c1-16-25(17-5-7-19(27)8-6-17)31-26(30-16)22(14-21-4-2-3-11-29-21)32(15-33)24-13-18-12-20(28)9-10-23(18)34-24/h2-13,15,22H,14H2,1H3,(H,30,31)/t22-/m0/s1. The van der Waals surface area contributed by atoms with Crippen LogP contribution in [0.15, 0.2) is 81.8 Å². The van der Waals surface area contributed by atoms with Crippen molar-refractivity contribution in [3.8, 4) is 11.3 Å². The largest absolute Gasteiger partial charge is 0.440 e. The van der Waals surface area contributed by atoms with Crippen molar-refractivity contribution in [3.05, 3.63) is 99.6 Å². The highest BCUT2D eigenvalue weighted by atomic mass is 79.9. The first-order valence-electron chi connectivity index (χ1n) is 10.7. The molecule has 0 aliphatic heterocycles. The van der Waals surface area contributed by atoms with Gasteiger partial charge in [0, 0.05) is 50.5 Å². The first kappa shape index (κ1) is 22.4. The molecule has 0 fully saturated rings. The molecule has 5 aromatic rings. The summed E-state index contributed by atoms with van der Waals surface area (Å²) in [6.07, 6.45) is 2.95. The molecule has 6 nitrogen and oxygen atoms in total. The number of benzene rings is 2. The van der Waals surface area contributed by atoms with Crippen LogP contribution in [0.1, 0.15) is 23.3 Å². The number of hydrogen-bond donors (Lipinski definition) is 1. The maximum Gasteiger partial charge on any atom is 0.217 e. The highest BCUT2D eigenvalue weighted by molar-refractivity contribution is 9.10. The van der Waals surface area contributed by atoms with E-state index in [-0.39, 0.29) is 0 Å². The van der Waals surface area contributed by atoms with Gasteiger partial charge in [-0.1, -0.05) is 45.7 Å². The molecular weight excluding hydrogens is 516 g/mol. The van der Waals surface area contributed by atoms with E-state index in [1.54, 1.807) is 23.2 Å². The van der Waals surface area contributed by atoms with Gasteiger partial charge in [0.1, 0.15) is 17.4 Å². The third-order valence-electron chi connectivity index (χ3n) is 5.63. The quantitative estimate of drug-likeness (QED) is 0.230. The van der Waals surface area contributed by atoms with Crippen molar-refractivity contribution in [2.75, 3.05) is 4.90 Å². The van der Waals surface area contributed by atoms with Crippen molar-refractivity contribution in [2.45, 2.75) is 19.4 Å².